The quantitative estimate of drug-likeness (QED) is 0.524. The van der Waals surface area contributed by atoms with E-state index in [-0.39, 0.29) is 24.4 Å². The molecule has 0 aliphatic carbocycles. The van der Waals surface area contributed by atoms with Gasteiger partial charge in [-0.15, -0.1) is 10.2 Å². The number of anilines is 2. The Morgan fingerprint density at radius 3 is 2.88 bits per heavy atom. The molecule has 0 fully saturated rings. The molecular formula is C16H18N4O4S2. The summed E-state index contributed by atoms with van der Waals surface area (Å²) in [5, 5.41) is 13.9. The largest absolute Gasteiger partial charge is 0.454 e. The van der Waals surface area contributed by atoms with Crippen molar-refractivity contribution >= 4 is 45.7 Å². The van der Waals surface area contributed by atoms with Crippen molar-refractivity contribution in [2.45, 2.75) is 30.5 Å². The smallest absolute Gasteiger partial charge is 0.234 e. The molecule has 2 amide bonds. The second-order valence-corrected chi connectivity index (χ2v) is 7.63. The number of unbranched alkanes of at least 4 members (excludes halogenated alkanes) is 1. The summed E-state index contributed by atoms with van der Waals surface area (Å²) in [5.74, 6) is 1.23. The fourth-order valence-corrected chi connectivity index (χ4v) is 3.70. The van der Waals surface area contributed by atoms with Gasteiger partial charge in [0.25, 0.3) is 0 Å². The molecule has 0 saturated carbocycles. The van der Waals surface area contributed by atoms with Crippen LogP contribution in [-0.4, -0.2) is 34.6 Å². The number of carbonyl (C=O) groups excluding carboxylic acids is 2. The molecule has 1 aromatic carbocycles. The van der Waals surface area contributed by atoms with Crippen LogP contribution >= 0.6 is 23.1 Å². The Kier molecular flexibility index (Phi) is 6.29. The van der Waals surface area contributed by atoms with Crippen LogP contribution < -0.4 is 20.1 Å². The monoisotopic (exact) mass is 394 g/mol. The number of ether oxygens (including phenoxy) is 2. The molecular weight excluding hydrogens is 376 g/mol. The van der Waals surface area contributed by atoms with Gasteiger partial charge in [-0.25, -0.2) is 0 Å². The summed E-state index contributed by atoms with van der Waals surface area (Å²) in [6.07, 6.45) is 2.27. The predicted octanol–water partition coefficient (Wildman–Crippen LogP) is 3.13. The Morgan fingerprint density at radius 1 is 1.19 bits per heavy atom. The van der Waals surface area contributed by atoms with E-state index in [4.69, 9.17) is 9.47 Å². The maximum absolute atomic E-state index is 12.1. The maximum Gasteiger partial charge on any atom is 0.234 e. The van der Waals surface area contributed by atoms with Crippen LogP contribution in [0, 0.1) is 0 Å². The Labute approximate surface area is 158 Å². The van der Waals surface area contributed by atoms with Gasteiger partial charge in [-0.1, -0.05) is 36.4 Å². The molecule has 2 aromatic rings. The van der Waals surface area contributed by atoms with E-state index in [0.717, 1.165) is 12.8 Å². The van der Waals surface area contributed by atoms with Gasteiger partial charge in [0.1, 0.15) is 0 Å². The molecule has 0 spiro atoms. The molecule has 8 nitrogen and oxygen atoms in total. The average molecular weight is 394 g/mol. The summed E-state index contributed by atoms with van der Waals surface area (Å²) < 4.78 is 11.1. The molecule has 1 aromatic heterocycles. The van der Waals surface area contributed by atoms with Gasteiger partial charge in [-0.05, 0) is 18.6 Å². The van der Waals surface area contributed by atoms with Crippen molar-refractivity contribution < 1.29 is 19.1 Å². The first-order valence-corrected chi connectivity index (χ1v) is 9.90. The van der Waals surface area contributed by atoms with E-state index in [1.807, 2.05) is 6.92 Å². The highest BCUT2D eigenvalue weighted by Gasteiger charge is 2.15. The first-order chi connectivity index (χ1) is 12.6. The number of thioether (sulfide) groups is 1. The number of nitrogens with one attached hydrogen (secondary N) is 2. The van der Waals surface area contributed by atoms with E-state index in [1.54, 1.807) is 18.2 Å². The molecule has 10 heteroatoms. The van der Waals surface area contributed by atoms with E-state index in [9.17, 15) is 9.59 Å². The third-order valence-corrected chi connectivity index (χ3v) is 5.37. The number of hydrogen-bond donors (Lipinski definition) is 2. The third-order valence-electron chi connectivity index (χ3n) is 3.39. The van der Waals surface area contributed by atoms with E-state index in [2.05, 4.69) is 20.8 Å². The van der Waals surface area contributed by atoms with E-state index < -0.39 is 0 Å². The number of benzene rings is 1. The predicted molar refractivity (Wildman–Crippen MR) is 100.0 cm³/mol. The van der Waals surface area contributed by atoms with Crippen LogP contribution in [0.2, 0.25) is 0 Å². The van der Waals surface area contributed by atoms with E-state index in [1.165, 1.54) is 23.1 Å². The molecule has 1 aliphatic rings. The minimum Gasteiger partial charge on any atom is -0.454 e. The summed E-state index contributed by atoms with van der Waals surface area (Å²) in [6, 6.07) is 5.23. The van der Waals surface area contributed by atoms with Crippen molar-refractivity contribution in [2.24, 2.45) is 0 Å². The number of rotatable bonds is 8. The van der Waals surface area contributed by atoms with Gasteiger partial charge in [-0.3, -0.25) is 9.59 Å². The number of nitrogens with zero attached hydrogens (tertiary/aromatic N) is 2. The van der Waals surface area contributed by atoms with Gasteiger partial charge < -0.3 is 20.1 Å². The summed E-state index contributed by atoms with van der Waals surface area (Å²) in [7, 11) is 0. The molecule has 0 bridgehead atoms. The van der Waals surface area contributed by atoms with Crippen LogP contribution in [0.25, 0.3) is 0 Å². The Morgan fingerprint density at radius 2 is 2.04 bits per heavy atom. The minimum absolute atomic E-state index is 0.0694. The molecule has 2 heterocycles. The molecule has 2 N–H and O–H groups in total. The number of carbonyl (C=O) groups is 2. The molecule has 3 rings (SSSR count). The number of aromatic nitrogens is 2. The lowest BCUT2D eigenvalue weighted by molar-refractivity contribution is -0.116. The minimum atomic E-state index is -0.169. The van der Waals surface area contributed by atoms with Crippen molar-refractivity contribution in [2.75, 3.05) is 23.2 Å². The highest BCUT2D eigenvalue weighted by Crippen LogP contribution is 2.34. The first kappa shape index (κ1) is 18.5. The van der Waals surface area contributed by atoms with Crippen LogP contribution in [0.5, 0.6) is 11.5 Å². The first-order valence-electron chi connectivity index (χ1n) is 8.09. The van der Waals surface area contributed by atoms with Crippen LogP contribution in [0.15, 0.2) is 22.5 Å². The van der Waals surface area contributed by atoms with Gasteiger partial charge >= 0.3 is 0 Å². The maximum atomic E-state index is 12.1. The standard InChI is InChI=1S/C16H18N4O4S2/c1-2-3-4-13(21)18-15-19-20-16(26-15)25-8-14(22)17-10-5-6-11-12(7-10)24-9-23-11/h5-7H,2-4,8-9H2,1H3,(H,17,22)(H,18,19,21). The van der Waals surface area contributed by atoms with Crippen LogP contribution in [-0.2, 0) is 9.59 Å². The zero-order chi connectivity index (χ0) is 18.4. The molecule has 0 saturated heterocycles. The fourth-order valence-electron chi connectivity index (χ4n) is 2.14. The second-order valence-electron chi connectivity index (χ2n) is 5.43. The topological polar surface area (TPSA) is 102 Å². The lowest BCUT2D eigenvalue weighted by Crippen LogP contribution is -2.13. The van der Waals surface area contributed by atoms with E-state index >= 15 is 0 Å². The van der Waals surface area contributed by atoms with Crippen molar-refractivity contribution in [1.29, 1.82) is 0 Å². The second kappa shape index (κ2) is 8.86. The van der Waals surface area contributed by atoms with Crippen molar-refractivity contribution in [1.82, 2.24) is 10.2 Å². The lowest BCUT2D eigenvalue weighted by atomic mass is 10.2. The zero-order valence-electron chi connectivity index (χ0n) is 14.1. The summed E-state index contributed by atoms with van der Waals surface area (Å²) in [5.41, 5.74) is 0.640. The third kappa shape index (κ3) is 5.09. The Balaban J connectivity index is 1.45. The van der Waals surface area contributed by atoms with Gasteiger partial charge in [0.15, 0.2) is 15.8 Å². The van der Waals surface area contributed by atoms with Crippen LogP contribution in [0.4, 0.5) is 10.8 Å². The van der Waals surface area contributed by atoms with Gasteiger partial charge in [0.2, 0.25) is 23.7 Å². The Bertz CT molecular complexity index is 796. The molecule has 0 radical (unpaired) electrons. The SMILES string of the molecule is CCCCC(=O)Nc1nnc(SCC(=O)Nc2ccc3c(c2)OCO3)s1. The lowest BCUT2D eigenvalue weighted by Gasteiger charge is -2.05. The highest BCUT2D eigenvalue weighted by atomic mass is 32.2. The molecule has 26 heavy (non-hydrogen) atoms. The van der Waals surface area contributed by atoms with Crippen molar-refractivity contribution in [3.63, 3.8) is 0 Å². The molecule has 1 aliphatic heterocycles. The molecule has 0 atom stereocenters. The zero-order valence-corrected chi connectivity index (χ0v) is 15.7. The number of fused-ring (bicyclic) bond motifs is 1. The highest BCUT2D eigenvalue weighted by molar-refractivity contribution is 8.01. The normalized spacial score (nSPS) is 12.0. The summed E-state index contributed by atoms with van der Waals surface area (Å²) in [6.45, 7) is 2.22. The number of hydrogen-bond acceptors (Lipinski definition) is 8. The van der Waals surface area contributed by atoms with Crippen molar-refractivity contribution in [3.05, 3.63) is 18.2 Å². The van der Waals surface area contributed by atoms with Gasteiger partial charge in [-0.2, -0.15) is 0 Å². The van der Waals surface area contributed by atoms with Gasteiger partial charge in [0.05, 0.1) is 5.75 Å². The van der Waals surface area contributed by atoms with Crippen LogP contribution in [0.3, 0.4) is 0 Å². The fraction of sp³-hybridized carbons (Fsp3) is 0.375. The summed E-state index contributed by atoms with van der Waals surface area (Å²) >= 11 is 2.52. The van der Waals surface area contributed by atoms with E-state index in [0.29, 0.717) is 33.1 Å². The van der Waals surface area contributed by atoms with Crippen LogP contribution in [0.1, 0.15) is 26.2 Å². The number of amides is 2. The van der Waals surface area contributed by atoms with Gasteiger partial charge in [0, 0.05) is 18.2 Å². The Hall–Kier alpha value is -2.33. The molecule has 0 unspecified atom stereocenters. The summed E-state index contributed by atoms with van der Waals surface area (Å²) in [4.78, 5) is 23.7. The average Bonchev–Trinajstić information content (AvgIpc) is 3.27. The van der Waals surface area contributed by atoms with Crippen molar-refractivity contribution in [3.8, 4) is 11.5 Å². The molecule has 138 valence electrons.